The van der Waals surface area contributed by atoms with Crippen LogP contribution in [-0.4, -0.2) is 158 Å². The second-order valence-corrected chi connectivity index (χ2v) is 7.51. The minimum atomic E-state index is 0.530. The van der Waals surface area contributed by atoms with Crippen molar-refractivity contribution in [2.45, 2.75) is 6.92 Å². The van der Waals surface area contributed by atoms with Crippen LogP contribution in [0.3, 0.4) is 0 Å². The maximum Gasteiger partial charge on any atom is 0.0701 e. The molecule has 0 radical (unpaired) electrons. The standard InChI is InChI=1S/C24H51NO10/c1-4-26-7-8-28-11-12-30-15-16-32-19-20-34-23-24-35-22-21-33-18-17-31-14-13-29-10-9-27-6-5-25(2)3/h4-24H2,1-3H3. The molecule has 0 atom stereocenters. The molecule has 0 unspecified atom stereocenters. The Morgan fingerprint density at radius 2 is 0.514 bits per heavy atom. The Bertz CT molecular complexity index is 380. The predicted molar refractivity (Wildman–Crippen MR) is 132 cm³/mol. The van der Waals surface area contributed by atoms with Gasteiger partial charge >= 0.3 is 0 Å². The Morgan fingerprint density at radius 3 is 0.714 bits per heavy atom. The van der Waals surface area contributed by atoms with E-state index in [4.69, 9.17) is 47.4 Å². The molecule has 0 aromatic heterocycles. The molecule has 0 N–H and O–H groups in total. The van der Waals surface area contributed by atoms with Crippen LogP contribution in [0.25, 0.3) is 0 Å². The van der Waals surface area contributed by atoms with E-state index in [-0.39, 0.29) is 0 Å². The van der Waals surface area contributed by atoms with Crippen LogP contribution in [0.1, 0.15) is 6.92 Å². The molecule has 0 aliphatic heterocycles. The summed E-state index contributed by atoms with van der Waals surface area (Å²) in [5.74, 6) is 0. The minimum Gasteiger partial charge on any atom is -0.379 e. The molecular formula is C24H51NO10. The van der Waals surface area contributed by atoms with Crippen LogP contribution in [0.4, 0.5) is 0 Å². The zero-order valence-corrected chi connectivity index (χ0v) is 22.4. The van der Waals surface area contributed by atoms with E-state index in [1.165, 1.54) is 0 Å². The van der Waals surface area contributed by atoms with E-state index in [0.29, 0.717) is 126 Å². The van der Waals surface area contributed by atoms with Crippen molar-refractivity contribution in [2.24, 2.45) is 0 Å². The smallest absolute Gasteiger partial charge is 0.0701 e. The first-order chi connectivity index (χ1) is 17.3. The van der Waals surface area contributed by atoms with Crippen molar-refractivity contribution < 1.29 is 47.4 Å². The fraction of sp³-hybridized carbons (Fsp3) is 1.00. The van der Waals surface area contributed by atoms with Crippen molar-refractivity contribution in [1.82, 2.24) is 4.90 Å². The quantitative estimate of drug-likeness (QED) is 0.123. The zero-order valence-electron chi connectivity index (χ0n) is 22.4. The monoisotopic (exact) mass is 513 g/mol. The maximum absolute atomic E-state index is 5.45. The van der Waals surface area contributed by atoms with Gasteiger partial charge in [-0.15, -0.1) is 0 Å². The Balaban J connectivity index is 3.01. The van der Waals surface area contributed by atoms with E-state index in [1.54, 1.807) is 0 Å². The first-order valence-electron chi connectivity index (χ1n) is 12.7. The molecule has 0 saturated heterocycles. The number of rotatable bonds is 31. The summed E-state index contributed by atoms with van der Waals surface area (Å²) in [6.07, 6.45) is 0. The normalized spacial score (nSPS) is 11.7. The van der Waals surface area contributed by atoms with Crippen molar-refractivity contribution in [2.75, 3.05) is 153 Å². The van der Waals surface area contributed by atoms with Gasteiger partial charge in [-0.2, -0.15) is 0 Å². The fourth-order valence-electron chi connectivity index (χ4n) is 2.37. The van der Waals surface area contributed by atoms with E-state index in [0.717, 1.165) is 13.2 Å². The average Bonchev–Trinajstić information content (AvgIpc) is 2.85. The molecule has 11 nitrogen and oxygen atoms in total. The molecule has 0 bridgehead atoms. The highest BCUT2D eigenvalue weighted by Crippen LogP contribution is 1.86. The SMILES string of the molecule is CCOCCOCCOCCOCCOCCOCCOCCOCCOCCOCCN(C)C. The van der Waals surface area contributed by atoms with Crippen LogP contribution in [0, 0.1) is 0 Å². The van der Waals surface area contributed by atoms with Gasteiger partial charge in [0.1, 0.15) is 0 Å². The molecule has 0 aromatic carbocycles. The van der Waals surface area contributed by atoms with E-state index in [2.05, 4.69) is 4.90 Å². The lowest BCUT2D eigenvalue weighted by Crippen LogP contribution is -2.19. The summed E-state index contributed by atoms with van der Waals surface area (Å²) in [4.78, 5) is 2.08. The van der Waals surface area contributed by atoms with Gasteiger partial charge in [-0.05, 0) is 21.0 Å². The third kappa shape index (κ3) is 33.6. The highest BCUT2D eigenvalue weighted by molar-refractivity contribution is 4.41. The summed E-state index contributed by atoms with van der Waals surface area (Å²) >= 11 is 0. The van der Waals surface area contributed by atoms with Gasteiger partial charge in [-0.25, -0.2) is 0 Å². The number of hydrogen-bond donors (Lipinski definition) is 0. The highest BCUT2D eigenvalue weighted by Gasteiger charge is 1.96. The highest BCUT2D eigenvalue weighted by atomic mass is 16.6. The van der Waals surface area contributed by atoms with Gasteiger partial charge in [0.25, 0.3) is 0 Å². The Morgan fingerprint density at radius 1 is 0.314 bits per heavy atom. The summed E-state index contributed by atoms with van der Waals surface area (Å²) in [6, 6.07) is 0. The van der Waals surface area contributed by atoms with Crippen molar-refractivity contribution in [3.8, 4) is 0 Å². The predicted octanol–water partition coefficient (Wildman–Crippen LogP) is 0.734. The third-order valence-electron chi connectivity index (χ3n) is 4.24. The van der Waals surface area contributed by atoms with Crippen LogP contribution in [0.15, 0.2) is 0 Å². The Labute approximate surface area is 212 Å². The van der Waals surface area contributed by atoms with Gasteiger partial charge in [0, 0.05) is 13.2 Å². The van der Waals surface area contributed by atoms with Gasteiger partial charge in [-0.3, -0.25) is 0 Å². The van der Waals surface area contributed by atoms with Crippen LogP contribution < -0.4 is 0 Å². The second kappa shape index (κ2) is 31.6. The van der Waals surface area contributed by atoms with Gasteiger partial charge in [0.05, 0.1) is 126 Å². The maximum atomic E-state index is 5.45. The third-order valence-corrected chi connectivity index (χ3v) is 4.24. The van der Waals surface area contributed by atoms with E-state index < -0.39 is 0 Å². The lowest BCUT2D eigenvalue weighted by Gasteiger charge is -2.10. The Kier molecular flexibility index (Phi) is 31.2. The lowest BCUT2D eigenvalue weighted by molar-refractivity contribution is -0.0263. The summed E-state index contributed by atoms with van der Waals surface area (Å²) in [7, 11) is 4.04. The molecule has 0 spiro atoms. The molecule has 11 heteroatoms. The lowest BCUT2D eigenvalue weighted by atomic mass is 10.6. The molecule has 0 heterocycles. The van der Waals surface area contributed by atoms with Gasteiger partial charge in [0.2, 0.25) is 0 Å². The second-order valence-electron chi connectivity index (χ2n) is 7.51. The molecule has 0 aliphatic carbocycles. The van der Waals surface area contributed by atoms with Crippen molar-refractivity contribution in [3.63, 3.8) is 0 Å². The summed E-state index contributed by atoms with van der Waals surface area (Å²) in [5, 5.41) is 0. The number of nitrogens with zero attached hydrogens (tertiary/aromatic N) is 1. The number of ether oxygens (including phenoxy) is 10. The summed E-state index contributed by atoms with van der Waals surface area (Å²) in [6.45, 7) is 14.3. The Hall–Kier alpha value is -0.440. The topological polar surface area (TPSA) is 95.5 Å². The molecular weight excluding hydrogens is 462 g/mol. The van der Waals surface area contributed by atoms with Gasteiger partial charge in [-0.1, -0.05) is 0 Å². The average molecular weight is 514 g/mol. The zero-order chi connectivity index (χ0) is 25.5. The molecule has 212 valence electrons. The molecule has 35 heavy (non-hydrogen) atoms. The van der Waals surface area contributed by atoms with E-state index in [1.807, 2.05) is 21.0 Å². The molecule has 0 amide bonds. The molecule has 0 saturated carbocycles. The van der Waals surface area contributed by atoms with Crippen molar-refractivity contribution >= 4 is 0 Å². The molecule has 0 aliphatic rings. The first-order valence-corrected chi connectivity index (χ1v) is 12.7. The number of likely N-dealkylation sites (N-methyl/N-ethyl adjacent to an activating group) is 1. The fourth-order valence-corrected chi connectivity index (χ4v) is 2.37. The van der Waals surface area contributed by atoms with E-state index in [9.17, 15) is 0 Å². The first kappa shape index (κ1) is 34.6. The minimum absolute atomic E-state index is 0.530. The van der Waals surface area contributed by atoms with Crippen molar-refractivity contribution in [1.29, 1.82) is 0 Å². The van der Waals surface area contributed by atoms with E-state index >= 15 is 0 Å². The molecule has 0 fully saturated rings. The largest absolute Gasteiger partial charge is 0.379 e. The summed E-state index contributed by atoms with van der Waals surface area (Å²) in [5.41, 5.74) is 0. The van der Waals surface area contributed by atoms with Gasteiger partial charge < -0.3 is 52.3 Å². The van der Waals surface area contributed by atoms with Crippen LogP contribution in [0.2, 0.25) is 0 Å². The summed E-state index contributed by atoms with van der Waals surface area (Å²) < 4.78 is 54.0. The van der Waals surface area contributed by atoms with Crippen molar-refractivity contribution in [3.05, 3.63) is 0 Å². The van der Waals surface area contributed by atoms with Crippen LogP contribution in [-0.2, 0) is 47.4 Å². The van der Waals surface area contributed by atoms with Crippen LogP contribution >= 0.6 is 0 Å². The number of hydrogen-bond acceptors (Lipinski definition) is 11. The molecule has 0 rings (SSSR count). The van der Waals surface area contributed by atoms with Crippen LogP contribution in [0.5, 0.6) is 0 Å². The van der Waals surface area contributed by atoms with Gasteiger partial charge in [0.15, 0.2) is 0 Å². The molecule has 0 aromatic rings.